The van der Waals surface area contributed by atoms with E-state index in [1.807, 2.05) is 18.2 Å². The van der Waals surface area contributed by atoms with Crippen LogP contribution in [0.25, 0.3) is 0 Å². The maximum absolute atomic E-state index is 5.80. The van der Waals surface area contributed by atoms with Crippen LogP contribution in [-0.4, -0.2) is 30.8 Å². The van der Waals surface area contributed by atoms with Crippen LogP contribution in [0.3, 0.4) is 0 Å². The molecule has 4 nitrogen and oxygen atoms in total. The summed E-state index contributed by atoms with van der Waals surface area (Å²) in [5.74, 6) is 1.82. The zero-order chi connectivity index (χ0) is 12.6. The van der Waals surface area contributed by atoms with Gasteiger partial charge in [-0.25, -0.2) is 4.98 Å². The van der Waals surface area contributed by atoms with Crippen LogP contribution in [0.5, 0.6) is 0 Å². The number of hydrogen-bond donors (Lipinski definition) is 2. The molecule has 18 heavy (non-hydrogen) atoms. The highest BCUT2D eigenvalue weighted by molar-refractivity contribution is 5.44. The zero-order valence-corrected chi connectivity index (χ0v) is 11.1. The van der Waals surface area contributed by atoms with Gasteiger partial charge in [0.2, 0.25) is 0 Å². The van der Waals surface area contributed by atoms with Crippen LogP contribution in [0.2, 0.25) is 0 Å². The number of nitrogens with zero attached hydrogens (tertiary/aromatic N) is 1. The summed E-state index contributed by atoms with van der Waals surface area (Å²) in [7, 11) is 0. The average Bonchev–Trinajstić information content (AvgIpc) is 2.89. The fraction of sp³-hybridized carbons (Fsp3) is 0.643. The van der Waals surface area contributed by atoms with Gasteiger partial charge in [-0.3, -0.25) is 0 Å². The van der Waals surface area contributed by atoms with E-state index in [0.29, 0.717) is 6.10 Å². The third kappa shape index (κ3) is 4.18. The Morgan fingerprint density at radius 3 is 2.67 bits per heavy atom. The van der Waals surface area contributed by atoms with E-state index in [2.05, 4.69) is 22.5 Å². The summed E-state index contributed by atoms with van der Waals surface area (Å²) in [4.78, 5) is 4.45. The van der Waals surface area contributed by atoms with Gasteiger partial charge in [-0.1, -0.05) is 18.9 Å². The Morgan fingerprint density at radius 2 is 1.94 bits per heavy atom. The van der Waals surface area contributed by atoms with Crippen molar-refractivity contribution in [1.29, 1.82) is 0 Å². The second kappa shape index (κ2) is 7.21. The van der Waals surface area contributed by atoms with Crippen molar-refractivity contribution in [2.24, 2.45) is 0 Å². The van der Waals surface area contributed by atoms with Gasteiger partial charge in [0.1, 0.15) is 11.6 Å². The van der Waals surface area contributed by atoms with Crippen molar-refractivity contribution in [2.75, 3.05) is 30.3 Å². The van der Waals surface area contributed by atoms with Crippen LogP contribution in [0.4, 0.5) is 11.6 Å². The molecule has 1 aromatic rings. The standard InChI is InChI=1S/C14H23N3O/c1-2-15-13-8-5-9-14(17-13)16-10-11-18-12-6-3-4-7-12/h5,8-9,12H,2-4,6-7,10-11H2,1H3,(H2,15,16,17). The summed E-state index contributed by atoms with van der Waals surface area (Å²) in [6, 6.07) is 5.96. The highest BCUT2D eigenvalue weighted by Crippen LogP contribution is 2.20. The van der Waals surface area contributed by atoms with E-state index in [4.69, 9.17) is 4.74 Å². The van der Waals surface area contributed by atoms with Crippen LogP contribution in [-0.2, 0) is 4.74 Å². The number of anilines is 2. The predicted octanol–water partition coefficient (Wildman–Crippen LogP) is 2.88. The third-order valence-electron chi connectivity index (χ3n) is 3.17. The fourth-order valence-electron chi connectivity index (χ4n) is 2.27. The van der Waals surface area contributed by atoms with Gasteiger partial charge in [0.25, 0.3) is 0 Å². The first kappa shape index (κ1) is 13.1. The zero-order valence-electron chi connectivity index (χ0n) is 11.1. The Kier molecular flexibility index (Phi) is 5.27. The second-order valence-corrected chi connectivity index (χ2v) is 4.64. The van der Waals surface area contributed by atoms with E-state index in [1.54, 1.807) is 0 Å². The Morgan fingerprint density at radius 1 is 1.22 bits per heavy atom. The summed E-state index contributed by atoms with van der Waals surface area (Å²) in [6.45, 7) is 4.54. The molecule has 0 bridgehead atoms. The van der Waals surface area contributed by atoms with Crippen molar-refractivity contribution >= 4 is 11.6 Å². The molecule has 2 rings (SSSR count). The average molecular weight is 249 g/mol. The molecule has 0 saturated heterocycles. The van der Waals surface area contributed by atoms with Crippen LogP contribution in [0.15, 0.2) is 18.2 Å². The lowest BCUT2D eigenvalue weighted by atomic mass is 10.3. The van der Waals surface area contributed by atoms with Crippen molar-refractivity contribution in [3.05, 3.63) is 18.2 Å². The van der Waals surface area contributed by atoms with Crippen molar-refractivity contribution in [3.63, 3.8) is 0 Å². The molecule has 1 fully saturated rings. The minimum Gasteiger partial charge on any atom is -0.376 e. The lowest BCUT2D eigenvalue weighted by Gasteiger charge is -2.12. The molecule has 1 aliphatic carbocycles. The van der Waals surface area contributed by atoms with Gasteiger partial charge in [0.05, 0.1) is 12.7 Å². The monoisotopic (exact) mass is 249 g/mol. The molecule has 1 saturated carbocycles. The first-order chi connectivity index (χ1) is 8.88. The van der Waals surface area contributed by atoms with Crippen molar-refractivity contribution in [1.82, 2.24) is 4.98 Å². The summed E-state index contributed by atoms with van der Waals surface area (Å²) >= 11 is 0. The van der Waals surface area contributed by atoms with Gasteiger partial charge in [-0.05, 0) is 31.9 Å². The SMILES string of the molecule is CCNc1cccc(NCCOC2CCCC2)n1. The quantitative estimate of drug-likeness (QED) is 0.729. The molecule has 0 aliphatic heterocycles. The summed E-state index contributed by atoms with van der Waals surface area (Å²) in [5, 5.41) is 6.49. The minimum absolute atomic E-state index is 0.493. The van der Waals surface area contributed by atoms with E-state index in [1.165, 1.54) is 25.7 Å². The Bertz CT molecular complexity index is 351. The van der Waals surface area contributed by atoms with Gasteiger partial charge in [0, 0.05) is 13.1 Å². The van der Waals surface area contributed by atoms with Crippen molar-refractivity contribution in [2.45, 2.75) is 38.7 Å². The molecule has 0 unspecified atom stereocenters. The molecular weight excluding hydrogens is 226 g/mol. The first-order valence-corrected chi connectivity index (χ1v) is 6.95. The molecule has 100 valence electrons. The van der Waals surface area contributed by atoms with Crippen LogP contribution >= 0.6 is 0 Å². The van der Waals surface area contributed by atoms with Crippen LogP contribution in [0.1, 0.15) is 32.6 Å². The Labute approximate surface area is 109 Å². The maximum Gasteiger partial charge on any atom is 0.128 e. The number of aromatic nitrogens is 1. The number of pyridine rings is 1. The van der Waals surface area contributed by atoms with Crippen LogP contribution in [0, 0.1) is 0 Å². The van der Waals surface area contributed by atoms with E-state index in [0.717, 1.165) is 31.3 Å². The smallest absolute Gasteiger partial charge is 0.128 e. The molecule has 0 aromatic carbocycles. The summed E-state index contributed by atoms with van der Waals surface area (Å²) in [6.07, 6.45) is 5.60. The van der Waals surface area contributed by atoms with E-state index >= 15 is 0 Å². The highest BCUT2D eigenvalue weighted by Gasteiger charge is 2.14. The molecule has 0 atom stereocenters. The van der Waals surface area contributed by atoms with Crippen LogP contribution < -0.4 is 10.6 Å². The van der Waals surface area contributed by atoms with E-state index in [-0.39, 0.29) is 0 Å². The molecule has 0 radical (unpaired) electrons. The lowest BCUT2D eigenvalue weighted by molar-refractivity contribution is 0.0659. The topological polar surface area (TPSA) is 46.2 Å². The van der Waals surface area contributed by atoms with Gasteiger partial charge < -0.3 is 15.4 Å². The van der Waals surface area contributed by atoms with Crippen molar-refractivity contribution < 1.29 is 4.74 Å². The number of ether oxygens (including phenoxy) is 1. The first-order valence-electron chi connectivity index (χ1n) is 6.95. The summed E-state index contributed by atoms with van der Waals surface area (Å²) in [5.41, 5.74) is 0. The molecule has 0 amide bonds. The maximum atomic E-state index is 5.80. The van der Waals surface area contributed by atoms with Crippen molar-refractivity contribution in [3.8, 4) is 0 Å². The highest BCUT2D eigenvalue weighted by atomic mass is 16.5. The number of rotatable bonds is 7. The molecule has 1 heterocycles. The van der Waals surface area contributed by atoms with Gasteiger partial charge in [-0.15, -0.1) is 0 Å². The van der Waals surface area contributed by atoms with Gasteiger partial charge >= 0.3 is 0 Å². The second-order valence-electron chi connectivity index (χ2n) is 4.64. The van der Waals surface area contributed by atoms with Gasteiger partial charge in [0.15, 0.2) is 0 Å². The minimum atomic E-state index is 0.493. The molecule has 4 heteroatoms. The molecule has 1 aliphatic rings. The predicted molar refractivity (Wildman–Crippen MR) is 75.1 cm³/mol. The molecule has 2 N–H and O–H groups in total. The third-order valence-corrected chi connectivity index (χ3v) is 3.17. The van der Waals surface area contributed by atoms with E-state index in [9.17, 15) is 0 Å². The Balaban J connectivity index is 1.67. The molecular formula is C14H23N3O. The lowest BCUT2D eigenvalue weighted by Crippen LogP contribution is -2.16. The summed E-state index contributed by atoms with van der Waals surface area (Å²) < 4.78 is 5.80. The van der Waals surface area contributed by atoms with Gasteiger partial charge in [-0.2, -0.15) is 0 Å². The molecule has 1 aromatic heterocycles. The fourth-order valence-corrected chi connectivity index (χ4v) is 2.27. The molecule has 0 spiro atoms. The Hall–Kier alpha value is -1.29. The number of hydrogen-bond acceptors (Lipinski definition) is 4. The number of nitrogens with one attached hydrogen (secondary N) is 2. The largest absolute Gasteiger partial charge is 0.376 e. The van der Waals surface area contributed by atoms with E-state index < -0.39 is 0 Å². The normalized spacial score (nSPS) is 15.8.